The molecule has 2 rings (SSSR count). The average molecular weight is 260 g/mol. The summed E-state index contributed by atoms with van der Waals surface area (Å²) in [5.41, 5.74) is 8.01. The Balaban J connectivity index is 2.25. The molecule has 0 spiro atoms. The second-order valence-electron chi connectivity index (χ2n) is 5.12. The normalized spacial score (nSPS) is 13.3. The van der Waals surface area contributed by atoms with Crippen molar-refractivity contribution in [1.82, 2.24) is 14.7 Å². The minimum absolute atomic E-state index is 0.482. The van der Waals surface area contributed by atoms with Crippen molar-refractivity contribution >= 4 is 10.9 Å². The maximum absolute atomic E-state index is 5.63. The molecular formula is C15H24N4. The van der Waals surface area contributed by atoms with Crippen LogP contribution in [0.4, 0.5) is 0 Å². The Hall–Kier alpha value is -1.39. The molecule has 0 bridgehead atoms. The molecule has 1 unspecified atom stereocenters. The monoisotopic (exact) mass is 260 g/mol. The Kier molecular flexibility index (Phi) is 4.56. The zero-order valence-electron chi connectivity index (χ0n) is 12.1. The van der Waals surface area contributed by atoms with Gasteiger partial charge >= 0.3 is 0 Å². The fourth-order valence-electron chi connectivity index (χ4n) is 2.41. The standard InChI is InChI=1S/C15H24N4/c1-4-19-15-8-6-5-7-13(15)14(17-19)11-18(3)12(2)9-10-16/h5-8,12H,4,9-11,16H2,1-3H3. The van der Waals surface area contributed by atoms with E-state index in [4.69, 9.17) is 10.8 Å². The summed E-state index contributed by atoms with van der Waals surface area (Å²) in [6.45, 7) is 6.85. The first kappa shape index (κ1) is 14.0. The lowest BCUT2D eigenvalue weighted by Gasteiger charge is -2.23. The zero-order chi connectivity index (χ0) is 13.8. The van der Waals surface area contributed by atoms with Crippen LogP contribution in [0, 0.1) is 0 Å². The molecule has 2 N–H and O–H groups in total. The first-order valence-corrected chi connectivity index (χ1v) is 7.02. The van der Waals surface area contributed by atoms with Gasteiger partial charge in [-0.25, -0.2) is 0 Å². The molecule has 1 heterocycles. The molecule has 1 aromatic heterocycles. The molecule has 1 aromatic carbocycles. The van der Waals surface area contributed by atoms with Crippen molar-refractivity contribution in [3.05, 3.63) is 30.0 Å². The van der Waals surface area contributed by atoms with E-state index in [0.29, 0.717) is 6.04 Å². The van der Waals surface area contributed by atoms with Gasteiger partial charge in [0.2, 0.25) is 0 Å². The third kappa shape index (κ3) is 2.96. The molecule has 0 saturated heterocycles. The van der Waals surface area contributed by atoms with Gasteiger partial charge in [-0.15, -0.1) is 0 Å². The van der Waals surface area contributed by atoms with E-state index in [0.717, 1.165) is 31.7 Å². The average Bonchev–Trinajstić information content (AvgIpc) is 2.77. The van der Waals surface area contributed by atoms with Crippen molar-refractivity contribution in [2.75, 3.05) is 13.6 Å². The van der Waals surface area contributed by atoms with Crippen LogP contribution in [0.3, 0.4) is 0 Å². The SMILES string of the molecule is CCn1nc(CN(C)C(C)CCN)c2ccccc21. The number of aryl methyl sites for hydroxylation is 1. The molecule has 0 amide bonds. The molecule has 0 aliphatic heterocycles. The minimum atomic E-state index is 0.482. The van der Waals surface area contributed by atoms with E-state index in [1.165, 1.54) is 10.9 Å². The van der Waals surface area contributed by atoms with Crippen LogP contribution < -0.4 is 5.73 Å². The number of benzene rings is 1. The van der Waals surface area contributed by atoms with E-state index >= 15 is 0 Å². The summed E-state index contributed by atoms with van der Waals surface area (Å²) in [5, 5.41) is 5.99. The van der Waals surface area contributed by atoms with Gasteiger partial charge in [0.15, 0.2) is 0 Å². The summed E-state index contributed by atoms with van der Waals surface area (Å²) in [6.07, 6.45) is 1.02. The van der Waals surface area contributed by atoms with Crippen LogP contribution in [-0.4, -0.2) is 34.3 Å². The van der Waals surface area contributed by atoms with Crippen molar-refractivity contribution in [1.29, 1.82) is 0 Å². The van der Waals surface area contributed by atoms with Crippen molar-refractivity contribution in [2.24, 2.45) is 5.73 Å². The Morgan fingerprint density at radius 3 is 2.79 bits per heavy atom. The Morgan fingerprint density at radius 1 is 1.37 bits per heavy atom. The summed E-state index contributed by atoms with van der Waals surface area (Å²) in [6, 6.07) is 8.93. The molecule has 4 heteroatoms. The van der Waals surface area contributed by atoms with Gasteiger partial charge in [0.25, 0.3) is 0 Å². The molecule has 2 aromatic rings. The van der Waals surface area contributed by atoms with E-state index in [1.807, 2.05) is 0 Å². The lowest BCUT2D eigenvalue weighted by atomic mass is 10.1. The minimum Gasteiger partial charge on any atom is -0.330 e. The molecule has 104 valence electrons. The number of aromatic nitrogens is 2. The van der Waals surface area contributed by atoms with Gasteiger partial charge in [-0.2, -0.15) is 5.10 Å². The molecular weight excluding hydrogens is 236 g/mol. The number of nitrogens with two attached hydrogens (primary N) is 1. The van der Waals surface area contributed by atoms with Crippen LogP contribution in [-0.2, 0) is 13.1 Å². The van der Waals surface area contributed by atoms with Gasteiger partial charge in [-0.1, -0.05) is 18.2 Å². The first-order chi connectivity index (χ1) is 9.17. The van der Waals surface area contributed by atoms with Crippen molar-refractivity contribution < 1.29 is 0 Å². The van der Waals surface area contributed by atoms with Crippen molar-refractivity contribution in [2.45, 2.75) is 39.4 Å². The Labute approximate surface area is 115 Å². The lowest BCUT2D eigenvalue weighted by Crippen LogP contribution is -2.30. The van der Waals surface area contributed by atoms with E-state index in [-0.39, 0.29) is 0 Å². The van der Waals surface area contributed by atoms with Gasteiger partial charge in [0.05, 0.1) is 11.2 Å². The summed E-state index contributed by atoms with van der Waals surface area (Å²) in [5.74, 6) is 0. The Bertz CT molecular complexity index is 532. The summed E-state index contributed by atoms with van der Waals surface area (Å²) >= 11 is 0. The smallest absolute Gasteiger partial charge is 0.0843 e. The van der Waals surface area contributed by atoms with Crippen LogP contribution in [0.25, 0.3) is 10.9 Å². The fourth-order valence-corrected chi connectivity index (χ4v) is 2.41. The molecule has 4 nitrogen and oxygen atoms in total. The number of hydrogen-bond acceptors (Lipinski definition) is 3. The van der Waals surface area contributed by atoms with Crippen molar-refractivity contribution in [3.63, 3.8) is 0 Å². The Morgan fingerprint density at radius 2 is 2.11 bits per heavy atom. The van der Waals surface area contributed by atoms with Gasteiger partial charge < -0.3 is 5.73 Å². The van der Waals surface area contributed by atoms with Crippen LogP contribution in [0.5, 0.6) is 0 Å². The van der Waals surface area contributed by atoms with Gasteiger partial charge in [-0.05, 0) is 39.9 Å². The summed E-state index contributed by atoms with van der Waals surface area (Å²) in [4.78, 5) is 2.32. The highest BCUT2D eigenvalue weighted by Gasteiger charge is 2.14. The summed E-state index contributed by atoms with van der Waals surface area (Å²) < 4.78 is 2.08. The fraction of sp³-hybridized carbons (Fsp3) is 0.533. The second-order valence-corrected chi connectivity index (χ2v) is 5.12. The highest BCUT2D eigenvalue weighted by molar-refractivity contribution is 5.81. The molecule has 19 heavy (non-hydrogen) atoms. The van der Waals surface area contributed by atoms with Crippen LogP contribution in [0.15, 0.2) is 24.3 Å². The first-order valence-electron chi connectivity index (χ1n) is 7.02. The molecule has 0 aliphatic rings. The van der Waals surface area contributed by atoms with E-state index < -0.39 is 0 Å². The maximum atomic E-state index is 5.63. The van der Waals surface area contributed by atoms with Crippen molar-refractivity contribution in [3.8, 4) is 0 Å². The number of fused-ring (bicyclic) bond motifs is 1. The van der Waals surface area contributed by atoms with Gasteiger partial charge in [-0.3, -0.25) is 9.58 Å². The second kappa shape index (κ2) is 6.17. The highest BCUT2D eigenvalue weighted by atomic mass is 15.3. The topological polar surface area (TPSA) is 47.1 Å². The van der Waals surface area contributed by atoms with E-state index in [2.05, 4.69) is 54.7 Å². The number of nitrogens with zero attached hydrogens (tertiary/aromatic N) is 3. The number of rotatable bonds is 6. The lowest BCUT2D eigenvalue weighted by molar-refractivity contribution is 0.238. The van der Waals surface area contributed by atoms with E-state index in [9.17, 15) is 0 Å². The van der Waals surface area contributed by atoms with Crippen LogP contribution in [0.2, 0.25) is 0 Å². The quantitative estimate of drug-likeness (QED) is 0.866. The van der Waals surface area contributed by atoms with E-state index in [1.54, 1.807) is 0 Å². The molecule has 0 fully saturated rings. The van der Waals surface area contributed by atoms with Crippen LogP contribution in [0.1, 0.15) is 26.0 Å². The van der Waals surface area contributed by atoms with Gasteiger partial charge in [0.1, 0.15) is 0 Å². The molecule has 0 aliphatic carbocycles. The van der Waals surface area contributed by atoms with Crippen LogP contribution >= 0.6 is 0 Å². The number of para-hydroxylation sites is 1. The third-order valence-corrected chi connectivity index (χ3v) is 3.77. The largest absolute Gasteiger partial charge is 0.330 e. The highest BCUT2D eigenvalue weighted by Crippen LogP contribution is 2.20. The third-order valence-electron chi connectivity index (χ3n) is 3.77. The molecule has 0 saturated carbocycles. The van der Waals surface area contributed by atoms with Gasteiger partial charge in [0, 0.05) is 24.5 Å². The predicted octanol–water partition coefficient (Wildman–Crippen LogP) is 2.23. The maximum Gasteiger partial charge on any atom is 0.0843 e. The predicted molar refractivity (Wildman–Crippen MR) is 80.0 cm³/mol. The molecule has 1 atom stereocenters. The molecule has 0 radical (unpaired) electrons. The number of hydrogen-bond donors (Lipinski definition) is 1. The summed E-state index contributed by atoms with van der Waals surface area (Å²) in [7, 11) is 2.14. The zero-order valence-corrected chi connectivity index (χ0v) is 12.1.